The first-order valence-electron chi connectivity index (χ1n) is 6.36. The highest BCUT2D eigenvalue weighted by Crippen LogP contribution is 2.12. The Labute approximate surface area is 114 Å². The van der Waals surface area contributed by atoms with Gasteiger partial charge in [0.15, 0.2) is 0 Å². The number of hydrogen-bond donors (Lipinski definition) is 1. The first-order chi connectivity index (χ1) is 8.22. The predicted octanol–water partition coefficient (Wildman–Crippen LogP) is 2.92. The molecule has 1 N–H and O–H groups in total. The van der Waals surface area contributed by atoms with E-state index in [2.05, 4.69) is 64.4 Å². The fourth-order valence-corrected chi connectivity index (χ4v) is 2.14. The molecule has 0 spiro atoms. The molecule has 3 heteroatoms. The second-order valence-corrected chi connectivity index (χ2v) is 5.35. The second-order valence-electron chi connectivity index (χ2n) is 4.43. The lowest BCUT2D eigenvalue weighted by Crippen LogP contribution is -2.30. The zero-order chi connectivity index (χ0) is 12.5. The average Bonchev–Trinajstić information content (AvgIpc) is 2.32. The Balaban J connectivity index is 2.17. The number of nitrogens with one attached hydrogen (secondary N) is 1. The minimum atomic E-state index is 1.09. The molecule has 0 heterocycles. The van der Waals surface area contributed by atoms with E-state index in [0.29, 0.717) is 0 Å². The molecule has 0 atom stereocenters. The van der Waals surface area contributed by atoms with Gasteiger partial charge in [-0.2, -0.15) is 0 Å². The smallest absolute Gasteiger partial charge is 0.0178 e. The number of hydrogen-bond acceptors (Lipinski definition) is 2. The van der Waals surface area contributed by atoms with Crippen molar-refractivity contribution in [3.05, 3.63) is 34.3 Å². The normalized spacial score (nSPS) is 11.1. The van der Waals surface area contributed by atoms with Crippen LogP contribution in [0.4, 0.5) is 0 Å². The lowest BCUT2D eigenvalue weighted by Gasteiger charge is -2.16. The van der Waals surface area contributed by atoms with E-state index in [9.17, 15) is 0 Å². The van der Waals surface area contributed by atoms with E-state index in [-0.39, 0.29) is 0 Å². The summed E-state index contributed by atoms with van der Waals surface area (Å²) in [6.07, 6.45) is 2.32. The van der Waals surface area contributed by atoms with Crippen molar-refractivity contribution in [1.82, 2.24) is 10.2 Å². The molecule has 1 aromatic rings. The van der Waals surface area contributed by atoms with Crippen LogP contribution in [0.3, 0.4) is 0 Å². The molecule has 0 amide bonds. The lowest BCUT2D eigenvalue weighted by molar-refractivity contribution is 0.336. The molecule has 0 saturated heterocycles. The summed E-state index contributed by atoms with van der Waals surface area (Å²) in [5, 5.41) is 3.42. The van der Waals surface area contributed by atoms with Gasteiger partial charge < -0.3 is 10.2 Å². The standard InChI is InChI=1S/C14H23BrN2/c1-3-8-16-9-11-17(2)10-7-13-5-4-6-14(15)12-13/h4-6,12,16H,3,7-11H2,1-2H3. The zero-order valence-electron chi connectivity index (χ0n) is 10.9. The van der Waals surface area contributed by atoms with Crippen LogP contribution < -0.4 is 5.32 Å². The summed E-state index contributed by atoms with van der Waals surface area (Å²) in [6.45, 7) is 6.64. The summed E-state index contributed by atoms with van der Waals surface area (Å²) in [5.41, 5.74) is 1.40. The quantitative estimate of drug-likeness (QED) is 0.743. The fraction of sp³-hybridized carbons (Fsp3) is 0.571. The molecule has 0 aliphatic carbocycles. The van der Waals surface area contributed by atoms with Crippen LogP contribution in [-0.2, 0) is 6.42 Å². The zero-order valence-corrected chi connectivity index (χ0v) is 12.5. The Morgan fingerprint density at radius 3 is 2.76 bits per heavy atom. The van der Waals surface area contributed by atoms with Gasteiger partial charge in [-0.1, -0.05) is 35.0 Å². The molecule has 0 fully saturated rings. The third kappa shape index (κ3) is 6.81. The van der Waals surface area contributed by atoms with Crippen LogP contribution in [0.5, 0.6) is 0 Å². The maximum absolute atomic E-state index is 3.50. The van der Waals surface area contributed by atoms with Crippen molar-refractivity contribution in [2.24, 2.45) is 0 Å². The van der Waals surface area contributed by atoms with Gasteiger partial charge in [0.2, 0.25) is 0 Å². The van der Waals surface area contributed by atoms with E-state index in [1.54, 1.807) is 0 Å². The largest absolute Gasteiger partial charge is 0.315 e. The fourth-order valence-electron chi connectivity index (χ4n) is 1.70. The van der Waals surface area contributed by atoms with Gasteiger partial charge in [0.25, 0.3) is 0 Å². The van der Waals surface area contributed by atoms with Crippen molar-refractivity contribution in [2.75, 3.05) is 33.2 Å². The molecule has 0 bridgehead atoms. The Kier molecular flexibility index (Phi) is 7.49. The highest BCUT2D eigenvalue weighted by atomic mass is 79.9. The molecule has 2 nitrogen and oxygen atoms in total. The van der Waals surface area contributed by atoms with Gasteiger partial charge in [0, 0.05) is 24.1 Å². The summed E-state index contributed by atoms with van der Waals surface area (Å²) in [5.74, 6) is 0. The Hall–Kier alpha value is -0.380. The minimum absolute atomic E-state index is 1.09. The first-order valence-corrected chi connectivity index (χ1v) is 7.15. The van der Waals surface area contributed by atoms with E-state index >= 15 is 0 Å². The third-order valence-corrected chi connectivity index (χ3v) is 3.26. The average molecular weight is 299 g/mol. The summed E-state index contributed by atoms with van der Waals surface area (Å²) < 4.78 is 1.17. The second kappa shape index (κ2) is 8.67. The van der Waals surface area contributed by atoms with Gasteiger partial charge in [-0.25, -0.2) is 0 Å². The first kappa shape index (κ1) is 14.7. The molecule has 1 aromatic carbocycles. The molecule has 0 unspecified atom stereocenters. The number of nitrogens with zero attached hydrogens (tertiary/aromatic N) is 1. The Morgan fingerprint density at radius 1 is 1.24 bits per heavy atom. The molecule has 1 rings (SSSR count). The van der Waals surface area contributed by atoms with Crippen LogP contribution in [0.15, 0.2) is 28.7 Å². The van der Waals surface area contributed by atoms with Gasteiger partial charge in [-0.15, -0.1) is 0 Å². The summed E-state index contributed by atoms with van der Waals surface area (Å²) in [4.78, 5) is 2.38. The summed E-state index contributed by atoms with van der Waals surface area (Å²) in [7, 11) is 2.19. The third-order valence-electron chi connectivity index (χ3n) is 2.77. The van der Waals surface area contributed by atoms with Crippen LogP contribution in [0.25, 0.3) is 0 Å². The van der Waals surface area contributed by atoms with Gasteiger partial charge in [0.1, 0.15) is 0 Å². The maximum atomic E-state index is 3.50. The molecule has 0 saturated carbocycles. The monoisotopic (exact) mass is 298 g/mol. The van der Waals surface area contributed by atoms with Crippen LogP contribution in [0.1, 0.15) is 18.9 Å². The predicted molar refractivity (Wildman–Crippen MR) is 78.5 cm³/mol. The SMILES string of the molecule is CCCNCCN(C)CCc1cccc(Br)c1. The van der Waals surface area contributed by atoms with Crippen molar-refractivity contribution < 1.29 is 0 Å². The Morgan fingerprint density at radius 2 is 2.06 bits per heavy atom. The minimum Gasteiger partial charge on any atom is -0.315 e. The number of likely N-dealkylation sites (N-methyl/N-ethyl adjacent to an activating group) is 1. The molecular weight excluding hydrogens is 276 g/mol. The molecule has 0 radical (unpaired) electrons. The lowest BCUT2D eigenvalue weighted by atomic mass is 10.1. The van der Waals surface area contributed by atoms with Crippen molar-refractivity contribution in [1.29, 1.82) is 0 Å². The Bertz CT molecular complexity index is 315. The number of rotatable bonds is 8. The van der Waals surface area contributed by atoms with E-state index in [4.69, 9.17) is 0 Å². The molecule has 17 heavy (non-hydrogen) atoms. The maximum Gasteiger partial charge on any atom is 0.0178 e. The van der Waals surface area contributed by atoms with Gasteiger partial charge >= 0.3 is 0 Å². The highest BCUT2D eigenvalue weighted by molar-refractivity contribution is 9.10. The van der Waals surface area contributed by atoms with Gasteiger partial charge in [0.05, 0.1) is 0 Å². The molecule has 0 aromatic heterocycles. The van der Waals surface area contributed by atoms with E-state index in [1.165, 1.54) is 16.5 Å². The van der Waals surface area contributed by atoms with Crippen LogP contribution in [-0.4, -0.2) is 38.1 Å². The molecular formula is C14H23BrN2. The van der Waals surface area contributed by atoms with Gasteiger partial charge in [-0.05, 0) is 44.1 Å². The summed E-state index contributed by atoms with van der Waals surface area (Å²) >= 11 is 3.50. The van der Waals surface area contributed by atoms with Crippen LogP contribution in [0.2, 0.25) is 0 Å². The number of halogens is 1. The van der Waals surface area contributed by atoms with E-state index in [0.717, 1.165) is 32.6 Å². The molecule has 0 aliphatic heterocycles. The molecule has 96 valence electrons. The van der Waals surface area contributed by atoms with Crippen LogP contribution >= 0.6 is 15.9 Å². The summed E-state index contributed by atoms with van der Waals surface area (Å²) in [6, 6.07) is 8.56. The van der Waals surface area contributed by atoms with Crippen molar-refractivity contribution >= 4 is 15.9 Å². The topological polar surface area (TPSA) is 15.3 Å². The van der Waals surface area contributed by atoms with Crippen molar-refractivity contribution in [2.45, 2.75) is 19.8 Å². The van der Waals surface area contributed by atoms with Crippen LogP contribution in [0, 0.1) is 0 Å². The van der Waals surface area contributed by atoms with Crippen molar-refractivity contribution in [3.8, 4) is 0 Å². The van der Waals surface area contributed by atoms with E-state index in [1.807, 2.05) is 0 Å². The van der Waals surface area contributed by atoms with Gasteiger partial charge in [-0.3, -0.25) is 0 Å². The van der Waals surface area contributed by atoms with E-state index < -0.39 is 0 Å². The van der Waals surface area contributed by atoms with Crippen molar-refractivity contribution in [3.63, 3.8) is 0 Å². The number of benzene rings is 1. The molecule has 0 aliphatic rings. The highest BCUT2D eigenvalue weighted by Gasteiger charge is 1.99.